The maximum absolute atomic E-state index is 12.1. The summed E-state index contributed by atoms with van der Waals surface area (Å²) in [6, 6.07) is 10.0. The SMILES string of the molecule is CCn1nc(C)c(Cl)c1/C(OC(C)OC(=O)C(C)C)=C(\C#N)c1ccc(C(C)(C)C)cc1. The molecule has 2 aromatic rings. The van der Waals surface area contributed by atoms with Crippen molar-refractivity contribution in [3.63, 3.8) is 0 Å². The highest BCUT2D eigenvalue weighted by atomic mass is 35.5. The van der Waals surface area contributed by atoms with Crippen LogP contribution in [0.4, 0.5) is 0 Å². The number of carbonyl (C=O) groups is 1. The number of halogens is 1. The molecular weight excluding hydrogens is 426 g/mol. The van der Waals surface area contributed by atoms with Gasteiger partial charge in [0.05, 0.1) is 16.6 Å². The summed E-state index contributed by atoms with van der Waals surface area (Å²) in [7, 11) is 0. The molecule has 0 amide bonds. The van der Waals surface area contributed by atoms with E-state index in [1.807, 2.05) is 31.2 Å². The van der Waals surface area contributed by atoms with Gasteiger partial charge in [-0.25, -0.2) is 0 Å². The minimum Gasteiger partial charge on any atom is -0.451 e. The maximum atomic E-state index is 12.1. The molecule has 0 saturated carbocycles. The fraction of sp³-hybridized carbons (Fsp3) is 0.480. The van der Waals surface area contributed by atoms with Crippen LogP contribution in [0.25, 0.3) is 11.3 Å². The summed E-state index contributed by atoms with van der Waals surface area (Å²) in [4.78, 5) is 12.1. The lowest BCUT2D eigenvalue weighted by molar-refractivity contribution is -0.167. The van der Waals surface area contributed by atoms with Crippen LogP contribution in [0, 0.1) is 24.2 Å². The molecule has 0 aliphatic heterocycles. The van der Waals surface area contributed by atoms with Crippen molar-refractivity contribution < 1.29 is 14.3 Å². The first-order valence-corrected chi connectivity index (χ1v) is 11.1. The Morgan fingerprint density at radius 3 is 2.25 bits per heavy atom. The number of carbonyl (C=O) groups excluding carboxylic acids is 1. The predicted octanol–water partition coefficient (Wildman–Crippen LogP) is 6.12. The van der Waals surface area contributed by atoms with Gasteiger partial charge in [-0.05, 0) is 30.4 Å². The van der Waals surface area contributed by atoms with E-state index in [0.717, 1.165) is 5.56 Å². The molecule has 1 atom stereocenters. The number of nitrogens with zero attached hydrogens (tertiary/aromatic N) is 3. The molecule has 32 heavy (non-hydrogen) atoms. The summed E-state index contributed by atoms with van der Waals surface area (Å²) in [5.41, 5.74) is 3.19. The number of allylic oxidation sites excluding steroid dienone is 1. The molecule has 2 rings (SSSR count). The van der Waals surface area contributed by atoms with Crippen molar-refractivity contribution in [1.29, 1.82) is 5.26 Å². The van der Waals surface area contributed by atoms with Crippen LogP contribution in [-0.4, -0.2) is 22.0 Å². The van der Waals surface area contributed by atoms with Gasteiger partial charge in [-0.1, -0.05) is 70.5 Å². The van der Waals surface area contributed by atoms with Crippen LogP contribution in [0.2, 0.25) is 5.02 Å². The second kappa shape index (κ2) is 10.2. The third-order valence-electron chi connectivity index (χ3n) is 4.98. The van der Waals surface area contributed by atoms with E-state index in [1.165, 1.54) is 0 Å². The monoisotopic (exact) mass is 457 g/mol. The van der Waals surface area contributed by atoms with E-state index in [0.29, 0.717) is 28.5 Å². The van der Waals surface area contributed by atoms with Gasteiger partial charge in [-0.15, -0.1) is 0 Å². The minimum atomic E-state index is -0.923. The lowest BCUT2D eigenvalue weighted by atomic mass is 9.86. The van der Waals surface area contributed by atoms with Crippen LogP contribution in [0.3, 0.4) is 0 Å². The molecule has 7 heteroatoms. The third-order valence-corrected chi connectivity index (χ3v) is 5.44. The first-order chi connectivity index (χ1) is 14.9. The molecule has 0 spiro atoms. The minimum absolute atomic E-state index is 0.0187. The van der Waals surface area contributed by atoms with Crippen molar-refractivity contribution in [3.8, 4) is 6.07 Å². The van der Waals surface area contributed by atoms with E-state index in [1.54, 1.807) is 32.4 Å². The fourth-order valence-electron chi connectivity index (χ4n) is 3.11. The van der Waals surface area contributed by atoms with Gasteiger partial charge in [0.1, 0.15) is 17.3 Å². The molecule has 0 aliphatic carbocycles. The Balaban J connectivity index is 2.66. The van der Waals surface area contributed by atoms with E-state index < -0.39 is 12.3 Å². The van der Waals surface area contributed by atoms with Crippen molar-refractivity contribution in [1.82, 2.24) is 9.78 Å². The van der Waals surface area contributed by atoms with Crippen molar-refractivity contribution >= 4 is 28.9 Å². The van der Waals surface area contributed by atoms with Crippen LogP contribution in [-0.2, 0) is 26.2 Å². The summed E-state index contributed by atoms with van der Waals surface area (Å²) < 4.78 is 13.2. The molecule has 6 nitrogen and oxygen atoms in total. The fourth-order valence-corrected chi connectivity index (χ4v) is 3.33. The van der Waals surface area contributed by atoms with E-state index in [-0.39, 0.29) is 22.7 Å². The number of hydrogen-bond acceptors (Lipinski definition) is 5. The second-order valence-electron chi connectivity index (χ2n) is 8.98. The first kappa shape index (κ1) is 25.5. The zero-order chi connectivity index (χ0) is 24.2. The van der Waals surface area contributed by atoms with Gasteiger partial charge < -0.3 is 9.47 Å². The van der Waals surface area contributed by atoms with E-state index in [9.17, 15) is 10.1 Å². The predicted molar refractivity (Wildman–Crippen MR) is 127 cm³/mol. The Hall–Kier alpha value is -2.78. The molecule has 1 aromatic carbocycles. The average molecular weight is 458 g/mol. The zero-order valence-corrected chi connectivity index (χ0v) is 20.9. The number of aromatic nitrogens is 2. The lowest BCUT2D eigenvalue weighted by Gasteiger charge is -2.21. The molecule has 0 N–H and O–H groups in total. The molecule has 1 aromatic heterocycles. The molecular formula is C25H32ClN3O3. The Bertz CT molecular complexity index is 1040. The summed E-state index contributed by atoms with van der Waals surface area (Å²) in [5.74, 6) is -0.468. The van der Waals surface area contributed by atoms with E-state index in [2.05, 4.69) is 31.9 Å². The molecule has 0 aliphatic rings. The Morgan fingerprint density at radius 1 is 1.19 bits per heavy atom. The summed E-state index contributed by atoms with van der Waals surface area (Å²) >= 11 is 6.59. The number of ether oxygens (including phenoxy) is 2. The largest absolute Gasteiger partial charge is 0.451 e. The highest BCUT2D eigenvalue weighted by Gasteiger charge is 2.26. The van der Waals surface area contributed by atoms with Gasteiger partial charge in [0, 0.05) is 13.5 Å². The van der Waals surface area contributed by atoms with Crippen molar-refractivity contribution in [2.24, 2.45) is 5.92 Å². The molecule has 0 saturated heterocycles. The smallest absolute Gasteiger partial charge is 0.311 e. The summed E-state index contributed by atoms with van der Waals surface area (Å²) in [6.07, 6.45) is -0.923. The van der Waals surface area contributed by atoms with E-state index in [4.69, 9.17) is 21.1 Å². The Labute approximate surface area is 195 Å². The number of aryl methyl sites for hydroxylation is 2. The first-order valence-electron chi connectivity index (χ1n) is 10.8. The van der Waals surface area contributed by atoms with Crippen molar-refractivity contribution in [2.45, 2.75) is 73.6 Å². The normalized spacial score (nSPS) is 13.4. The van der Waals surface area contributed by atoms with Crippen LogP contribution < -0.4 is 0 Å². The third kappa shape index (κ3) is 5.72. The molecule has 0 radical (unpaired) electrons. The van der Waals surface area contributed by atoms with Gasteiger partial charge in [0.25, 0.3) is 0 Å². The molecule has 172 valence electrons. The number of rotatable bonds is 7. The van der Waals surface area contributed by atoms with Crippen LogP contribution in [0.1, 0.15) is 71.0 Å². The number of nitriles is 1. The molecule has 1 heterocycles. The van der Waals surface area contributed by atoms with Crippen LogP contribution >= 0.6 is 11.6 Å². The standard InChI is InChI=1S/C25H32ClN3O3/c1-9-29-22(21(26)16(4)28-29)23(31-17(5)32-24(30)15(2)3)20(14-27)18-10-12-19(13-11-18)25(6,7)8/h10-13,15,17H,9H2,1-8H3/b23-20-. The van der Waals surface area contributed by atoms with Crippen molar-refractivity contribution in [2.75, 3.05) is 0 Å². The highest BCUT2D eigenvalue weighted by molar-refractivity contribution is 6.33. The van der Waals surface area contributed by atoms with Gasteiger partial charge in [-0.2, -0.15) is 10.4 Å². The topological polar surface area (TPSA) is 77.1 Å². The highest BCUT2D eigenvalue weighted by Crippen LogP contribution is 2.35. The lowest BCUT2D eigenvalue weighted by Crippen LogP contribution is -2.22. The molecule has 1 unspecified atom stereocenters. The van der Waals surface area contributed by atoms with E-state index >= 15 is 0 Å². The average Bonchev–Trinajstić information content (AvgIpc) is 3.01. The molecule has 0 bridgehead atoms. The van der Waals surface area contributed by atoms with Gasteiger partial charge >= 0.3 is 5.97 Å². The van der Waals surface area contributed by atoms with Crippen LogP contribution in [0.15, 0.2) is 24.3 Å². The van der Waals surface area contributed by atoms with Gasteiger partial charge in [0.15, 0.2) is 5.76 Å². The number of esters is 1. The Kier molecular flexibility index (Phi) is 8.14. The number of hydrogen-bond donors (Lipinski definition) is 0. The van der Waals surface area contributed by atoms with Crippen molar-refractivity contribution in [3.05, 3.63) is 51.8 Å². The van der Waals surface area contributed by atoms with Gasteiger partial charge in [0.2, 0.25) is 6.29 Å². The summed E-state index contributed by atoms with van der Waals surface area (Å²) in [5, 5.41) is 15.0. The Morgan fingerprint density at radius 2 is 1.78 bits per heavy atom. The summed E-state index contributed by atoms with van der Waals surface area (Å²) in [6.45, 7) is 15.7. The number of benzene rings is 1. The maximum Gasteiger partial charge on any atom is 0.311 e. The van der Waals surface area contributed by atoms with Gasteiger partial charge in [-0.3, -0.25) is 9.48 Å². The van der Waals surface area contributed by atoms with Crippen LogP contribution in [0.5, 0.6) is 0 Å². The quantitative estimate of drug-likeness (QED) is 0.217. The zero-order valence-electron chi connectivity index (χ0n) is 20.1. The second-order valence-corrected chi connectivity index (χ2v) is 9.36. The molecule has 0 fully saturated rings.